The Balaban J connectivity index is 0.00000242. The Morgan fingerprint density at radius 3 is 2.36 bits per heavy atom. The lowest BCUT2D eigenvalue weighted by Gasteiger charge is -2.31. The van der Waals surface area contributed by atoms with Crippen molar-refractivity contribution in [1.29, 1.82) is 0 Å². The van der Waals surface area contributed by atoms with E-state index in [1.807, 2.05) is 0 Å². The van der Waals surface area contributed by atoms with Crippen molar-refractivity contribution in [3.05, 3.63) is 35.1 Å². The van der Waals surface area contributed by atoms with Crippen LogP contribution < -0.4 is 5.73 Å². The number of halogens is 5. The molecule has 3 nitrogen and oxygen atoms in total. The molecule has 0 unspecified atom stereocenters. The molecule has 22 heavy (non-hydrogen) atoms. The van der Waals surface area contributed by atoms with E-state index >= 15 is 0 Å². The van der Waals surface area contributed by atoms with Crippen LogP contribution in [0, 0.1) is 11.7 Å². The monoisotopic (exact) mass is 340 g/mol. The van der Waals surface area contributed by atoms with Gasteiger partial charge in [-0.2, -0.15) is 13.2 Å². The van der Waals surface area contributed by atoms with Crippen molar-refractivity contribution in [2.45, 2.75) is 19.0 Å². The third kappa shape index (κ3) is 3.89. The summed E-state index contributed by atoms with van der Waals surface area (Å²) in [5, 5.41) is 0. The molecule has 124 valence electrons. The standard InChI is InChI=1S/C14H16F4N2O.ClH/c15-12-10(2-1-3-11(12)14(16,17)18)13(21)20-6-4-9(8-19)5-7-20;/h1-3,9H,4-8,19H2;1H. The van der Waals surface area contributed by atoms with Crippen molar-refractivity contribution in [3.63, 3.8) is 0 Å². The van der Waals surface area contributed by atoms with Crippen LogP contribution >= 0.6 is 12.4 Å². The number of hydrogen-bond acceptors (Lipinski definition) is 2. The Hall–Kier alpha value is -1.34. The first kappa shape index (κ1) is 18.7. The minimum Gasteiger partial charge on any atom is -0.339 e. The molecule has 0 saturated carbocycles. The van der Waals surface area contributed by atoms with Gasteiger partial charge < -0.3 is 10.6 Å². The van der Waals surface area contributed by atoms with Crippen LogP contribution in [0.25, 0.3) is 0 Å². The third-order valence-electron chi connectivity index (χ3n) is 3.77. The van der Waals surface area contributed by atoms with Crippen LogP contribution in [0.2, 0.25) is 0 Å². The number of alkyl halides is 3. The number of nitrogens with two attached hydrogens (primary N) is 1. The van der Waals surface area contributed by atoms with Crippen molar-refractivity contribution < 1.29 is 22.4 Å². The average Bonchev–Trinajstić information content (AvgIpc) is 2.45. The maximum Gasteiger partial charge on any atom is 0.419 e. The van der Waals surface area contributed by atoms with Gasteiger partial charge in [-0.05, 0) is 37.4 Å². The molecule has 0 aliphatic carbocycles. The van der Waals surface area contributed by atoms with Crippen molar-refractivity contribution >= 4 is 18.3 Å². The Labute approximate surface area is 131 Å². The number of rotatable bonds is 2. The van der Waals surface area contributed by atoms with Crippen LogP contribution in [-0.2, 0) is 6.18 Å². The normalized spacial score (nSPS) is 16.3. The van der Waals surface area contributed by atoms with Gasteiger partial charge in [0.25, 0.3) is 5.91 Å². The Morgan fingerprint density at radius 2 is 1.86 bits per heavy atom. The highest BCUT2D eigenvalue weighted by Gasteiger charge is 2.36. The van der Waals surface area contributed by atoms with Crippen LogP contribution in [0.5, 0.6) is 0 Å². The van der Waals surface area contributed by atoms with Gasteiger partial charge in [-0.25, -0.2) is 4.39 Å². The van der Waals surface area contributed by atoms with E-state index in [0.717, 1.165) is 12.1 Å². The molecule has 0 spiro atoms. The smallest absolute Gasteiger partial charge is 0.339 e. The van der Waals surface area contributed by atoms with Gasteiger partial charge in [0.05, 0.1) is 11.1 Å². The topological polar surface area (TPSA) is 46.3 Å². The second-order valence-electron chi connectivity index (χ2n) is 5.14. The molecule has 2 N–H and O–H groups in total. The lowest BCUT2D eigenvalue weighted by Crippen LogP contribution is -2.40. The minimum absolute atomic E-state index is 0. The van der Waals surface area contributed by atoms with E-state index in [1.165, 1.54) is 4.90 Å². The van der Waals surface area contributed by atoms with Crippen molar-refractivity contribution in [2.75, 3.05) is 19.6 Å². The van der Waals surface area contributed by atoms with E-state index in [-0.39, 0.29) is 12.4 Å². The number of nitrogens with zero attached hydrogens (tertiary/aromatic N) is 1. The van der Waals surface area contributed by atoms with E-state index in [9.17, 15) is 22.4 Å². The van der Waals surface area contributed by atoms with Gasteiger partial charge in [0, 0.05) is 13.1 Å². The second kappa shape index (κ2) is 7.28. The Morgan fingerprint density at radius 1 is 1.27 bits per heavy atom. The summed E-state index contributed by atoms with van der Waals surface area (Å²) in [5.41, 5.74) is 3.60. The maximum absolute atomic E-state index is 13.9. The van der Waals surface area contributed by atoms with Crippen molar-refractivity contribution in [1.82, 2.24) is 4.90 Å². The molecule has 1 heterocycles. The lowest BCUT2D eigenvalue weighted by atomic mass is 9.96. The summed E-state index contributed by atoms with van der Waals surface area (Å²) in [6.07, 6.45) is -3.45. The Kier molecular flexibility index (Phi) is 6.19. The van der Waals surface area contributed by atoms with Gasteiger partial charge in [-0.1, -0.05) is 6.07 Å². The first-order valence-electron chi connectivity index (χ1n) is 6.69. The number of piperidine rings is 1. The summed E-state index contributed by atoms with van der Waals surface area (Å²) in [6.45, 7) is 1.28. The number of hydrogen-bond donors (Lipinski definition) is 1. The number of amides is 1. The summed E-state index contributed by atoms with van der Waals surface area (Å²) < 4.78 is 51.9. The summed E-state index contributed by atoms with van der Waals surface area (Å²) in [6, 6.07) is 2.76. The van der Waals surface area contributed by atoms with Gasteiger partial charge in [-0.15, -0.1) is 12.4 Å². The van der Waals surface area contributed by atoms with Crippen molar-refractivity contribution in [3.8, 4) is 0 Å². The average molecular weight is 341 g/mol. The fraction of sp³-hybridized carbons (Fsp3) is 0.500. The lowest BCUT2D eigenvalue weighted by molar-refractivity contribution is -0.140. The predicted octanol–water partition coefficient (Wildman–Crippen LogP) is 3.08. The highest BCUT2D eigenvalue weighted by atomic mass is 35.5. The molecule has 0 aromatic heterocycles. The fourth-order valence-corrected chi connectivity index (χ4v) is 2.46. The van der Waals surface area contributed by atoms with E-state index in [1.54, 1.807) is 0 Å². The fourth-order valence-electron chi connectivity index (χ4n) is 2.46. The number of carbonyl (C=O) groups excluding carboxylic acids is 1. The molecule has 2 rings (SSSR count). The number of likely N-dealkylation sites (tertiary alicyclic amines) is 1. The van der Waals surface area contributed by atoms with Gasteiger partial charge in [-0.3, -0.25) is 4.79 Å². The largest absolute Gasteiger partial charge is 0.419 e. The highest BCUT2D eigenvalue weighted by molar-refractivity contribution is 5.94. The Bertz CT molecular complexity index is 528. The van der Waals surface area contributed by atoms with E-state index in [0.29, 0.717) is 44.5 Å². The first-order chi connectivity index (χ1) is 9.84. The molecule has 1 aliphatic rings. The van der Waals surface area contributed by atoms with E-state index in [2.05, 4.69) is 0 Å². The molecule has 0 atom stereocenters. The van der Waals surface area contributed by atoms with E-state index < -0.39 is 29.0 Å². The van der Waals surface area contributed by atoms with Gasteiger partial charge in [0.2, 0.25) is 0 Å². The molecule has 8 heteroatoms. The second-order valence-corrected chi connectivity index (χ2v) is 5.14. The van der Waals surface area contributed by atoms with Gasteiger partial charge in [0.1, 0.15) is 5.82 Å². The predicted molar refractivity (Wildman–Crippen MR) is 76.3 cm³/mol. The summed E-state index contributed by atoms with van der Waals surface area (Å²) in [5.74, 6) is -1.90. The van der Waals surface area contributed by atoms with Gasteiger partial charge >= 0.3 is 6.18 Å². The zero-order chi connectivity index (χ0) is 15.6. The highest BCUT2D eigenvalue weighted by Crippen LogP contribution is 2.33. The van der Waals surface area contributed by atoms with Crippen LogP contribution in [0.3, 0.4) is 0 Å². The third-order valence-corrected chi connectivity index (χ3v) is 3.77. The zero-order valence-corrected chi connectivity index (χ0v) is 12.5. The number of benzene rings is 1. The maximum atomic E-state index is 13.9. The summed E-state index contributed by atoms with van der Waals surface area (Å²) >= 11 is 0. The first-order valence-corrected chi connectivity index (χ1v) is 6.69. The molecule has 1 amide bonds. The molecule has 0 bridgehead atoms. The summed E-state index contributed by atoms with van der Waals surface area (Å²) in [7, 11) is 0. The van der Waals surface area contributed by atoms with Crippen LogP contribution in [-0.4, -0.2) is 30.4 Å². The SMILES string of the molecule is Cl.NCC1CCN(C(=O)c2cccc(C(F)(F)F)c2F)CC1. The zero-order valence-electron chi connectivity index (χ0n) is 11.7. The molecule has 1 aliphatic heterocycles. The van der Waals surface area contributed by atoms with Crippen LogP contribution in [0.4, 0.5) is 17.6 Å². The van der Waals surface area contributed by atoms with E-state index in [4.69, 9.17) is 5.73 Å². The van der Waals surface area contributed by atoms with Crippen LogP contribution in [0.15, 0.2) is 18.2 Å². The number of carbonyl (C=O) groups is 1. The molecule has 1 aromatic rings. The molecule has 0 radical (unpaired) electrons. The van der Waals surface area contributed by atoms with Crippen LogP contribution in [0.1, 0.15) is 28.8 Å². The molecular weight excluding hydrogens is 324 g/mol. The minimum atomic E-state index is -4.81. The molecule has 1 fully saturated rings. The molecule has 1 aromatic carbocycles. The van der Waals surface area contributed by atoms with Crippen molar-refractivity contribution in [2.24, 2.45) is 11.7 Å². The molecule has 1 saturated heterocycles. The summed E-state index contributed by atoms with van der Waals surface area (Å²) in [4.78, 5) is 13.6. The molecular formula is C14H17ClF4N2O. The van der Waals surface area contributed by atoms with Gasteiger partial charge in [0.15, 0.2) is 0 Å². The quantitative estimate of drug-likeness (QED) is 0.841.